The van der Waals surface area contributed by atoms with Gasteiger partial charge in [0.25, 0.3) is 5.91 Å². The summed E-state index contributed by atoms with van der Waals surface area (Å²) in [6, 6.07) is 16.5. The van der Waals surface area contributed by atoms with Gasteiger partial charge in [0.1, 0.15) is 0 Å². The molecule has 2 N–H and O–H groups in total. The Kier molecular flexibility index (Phi) is 14.7. The molecule has 0 aliphatic carbocycles. The quantitative estimate of drug-likeness (QED) is 0.173. The van der Waals surface area contributed by atoms with Crippen LogP contribution in [0.2, 0.25) is 0 Å². The summed E-state index contributed by atoms with van der Waals surface area (Å²) in [5.74, 6) is -1.19. The van der Waals surface area contributed by atoms with E-state index in [-0.39, 0.29) is 5.91 Å². The number of unbranched alkanes of at least 4 members (excludes halogenated alkanes) is 9. The molecule has 2 aromatic carbocycles. The molecule has 0 aliphatic heterocycles. The van der Waals surface area contributed by atoms with E-state index in [0.717, 1.165) is 24.0 Å². The van der Waals surface area contributed by atoms with Crippen molar-refractivity contribution >= 4 is 11.9 Å². The SMILES string of the molecule is CCCCCCCCCCCCNC(=O)c1cccc(CN(Cc2cccc(C#N)c2)OCC(=O)O)c1. The molecule has 7 heteroatoms. The molecular formula is C30H41N3O4. The Balaban J connectivity index is 1.80. The van der Waals surface area contributed by atoms with Crippen molar-refractivity contribution in [3.8, 4) is 6.07 Å². The lowest BCUT2D eigenvalue weighted by molar-refractivity contribution is -0.190. The Morgan fingerprint density at radius 3 is 2.11 bits per heavy atom. The minimum absolute atomic E-state index is 0.113. The summed E-state index contributed by atoms with van der Waals surface area (Å²) >= 11 is 0. The molecule has 0 fully saturated rings. The molecule has 0 saturated carbocycles. The third-order valence-corrected chi connectivity index (χ3v) is 6.15. The topological polar surface area (TPSA) is 103 Å². The summed E-state index contributed by atoms with van der Waals surface area (Å²) in [5.41, 5.74) is 2.74. The van der Waals surface area contributed by atoms with Gasteiger partial charge in [-0.1, -0.05) is 89.0 Å². The second kappa shape index (κ2) is 18.1. The highest BCUT2D eigenvalue weighted by molar-refractivity contribution is 5.94. The van der Waals surface area contributed by atoms with Crippen LogP contribution in [0.4, 0.5) is 0 Å². The van der Waals surface area contributed by atoms with Crippen LogP contribution in [0.25, 0.3) is 0 Å². The number of nitrogens with one attached hydrogen (secondary N) is 1. The Morgan fingerprint density at radius 1 is 0.892 bits per heavy atom. The number of carboxylic acids is 1. The molecular weight excluding hydrogens is 466 g/mol. The van der Waals surface area contributed by atoms with Crippen LogP contribution in [0.1, 0.15) is 98.2 Å². The number of benzene rings is 2. The van der Waals surface area contributed by atoms with Crippen LogP contribution >= 0.6 is 0 Å². The molecule has 0 heterocycles. The second-order valence-electron chi connectivity index (χ2n) is 9.42. The molecule has 2 aromatic rings. The number of hydroxylamine groups is 2. The van der Waals surface area contributed by atoms with E-state index < -0.39 is 12.6 Å². The first kappa shape index (κ1) is 30.0. The number of carbonyl (C=O) groups excluding carboxylic acids is 1. The van der Waals surface area contributed by atoms with E-state index in [9.17, 15) is 9.59 Å². The minimum Gasteiger partial charge on any atom is -0.479 e. The molecule has 0 saturated heterocycles. The van der Waals surface area contributed by atoms with Gasteiger partial charge in [0.2, 0.25) is 0 Å². The Labute approximate surface area is 221 Å². The highest BCUT2D eigenvalue weighted by Crippen LogP contribution is 2.14. The number of carbonyl (C=O) groups is 2. The molecule has 0 radical (unpaired) electrons. The highest BCUT2D eigenvalue weighted by atomic mass is 16.7. The largest absolute Gasteiger partial charge is 0.479 e. The maximum atomic E-state index is 12.7. The smallest absolute Gasteiger partial charge is 0.331 e. The number of nitriles is 1. The molecule has 0 bridgehead atoms. The average Bonchev–Trinajstić information content (AvgIpc) is 2.90. The lowest BCUT2D eigenvalue weighted by atomic mass is 10.1. The van der Waals surface area contributed by atoms with Crippen LogP contribution < -0.4 is 5.32 Å². The summed E-state index contributed by atoms with van der Waals surface area (Å²) in [6.07, 6.45) is 12.5. The van der Waals surface area contributed by atoms with Gasteiger partial charge >= 0.3 is 5.97 Å². The molecule has 37 heavy (non-hydrogen) atoms. The van der Waals surface area contributed by atoms with Crippen molar-refractivity contribution in [2.24, 2.45) is 0 Å². The standard InChI is InChI=1S/C30H41N3O4/c1-2-3-4-5-6-7-8-9-10-11-18-32-30(36)28-17-13-16-27(20-28)23-33(37-24-29(34)35)22-26-15-12-14-25(19-26)21-31/h12-17,19-20H,2-11,18,22-24H2,1H3,(H,32,36)(H,34,35). The second-order valence-corrected chi connectivity index (χ2v) is 9.42. The zero-order valence-electron chi connectivity index (χ0n) is 22.1. The molecule has 0 aliphatic rings. The first-order valence-electron chi connectivity index (χ1n) is 13.5. The van der Waals surface area contributed by atoms with Crippen molar-refractivity contribution in [2.75, 3.05) is 13.2 Å². The maximum Gasteiger partial charge on any atom is 0.331 e. The normalized spacial score (nSPS) is 10.8. The van der Waals surface area contributed by atoms with Gasteiger partial charge < -0.3 is 10.4 Å². The van der Waals surface area contributed by atoms with Gasteiger partial charge in [-0.25, -0.2) is 4.79 Å². The van der Waals surface area contributed by atoms with Crippen LogP contribution in [-0.4, -0.2) is 35.2 Å². The van der Waals surface area contributed by atoms with Gasteiger partial charge in [-0.3, -0.25) is 9.63 Å². The predicted octanol–water partition coefficient (Wildman–Crippen LogP) is 6.23. The lowest BCUT2D eigenvalue weighted by Gasteiger charge is -2.21. The van der Waals surface area contributed by atoms with E-state index in [0.29, 0.717) is 30.8 Å². The number of carboxylic acid groups (broad SMARTS) is 1. The van der Waals surface area contributed by atoms with Gasteiger partial charge in [0, 0.05) is 25.2 Å². The van der Waals surface area contributed by atoms with E-state index in [1.165, 1.54) is 56.4 Å². The lowest BCUT2D eigenvalue weighted by Crippen LogP contribution is -2.27. The van der Waals surface area contributed by atoms with Crippen molar-refractivity contribution in [2.45, 2.75) is 84.2 Å². The molecule has 7 nitrogen and oxygen atoms in total. The van der Waals surface area contributed by atoms with Crippen molar-refractivity contribution < 1.29 is 19.5 Å². The number of aliphatic carboxylic acids is 1. The van der Waals surface area contributed by atoms with E-state index >= 15 is 0 Å². The van der Waals surface area contributed by atoms with Crippen LogP contribution in [-0.2, 0) is 22.7 Å². The molecule has 0 aromatic heterocycles. The van der Waals surface area contributed by atoms with E-state index in [4.69, 9.17) is 15.2 Å². The molecule has 1 amide bonds. The monoisotopic (exact) mass is 507 g/mol. The summed E-state index contributed by atoms with van der Waals surface area (Å²) in [6.45, 7) is 3.02. The van der Waals surface area contributed by atoms with E-state index in [1.807, 2.05) is 18.2 Å². The fraction of sp³-hybridized carbons (Fsp3) is 0.500. The summed E-state index contributed by atoms with van der Waals surface area (Å²) in [4.78, 5) is 29.2. The Hall–Kier alpha value is -3.21. The van der Waals surface area contributed by atoms with Crippen LogP contribution in [0.5, 0.6) is 0 Å². The van der Waals surface area contributed by atoms with Crippen molar-refractivity contribution in [1.29, 1.82) is 5.26 Å². The summed E-state index contributed by atoms with van der Waals surface area (Å²) in [7, 11) is 0. The van der Waals surface area contributed by atoms with E-state index in [2.05, 4.69) is 18.3 Å². The molecule has 200 valence electrons. The van der Waals surface area contributed by atoms with Gasteiger partial charge in [0.15, 0.2) is 6.61 Å². The Morgan fingerprint density at radius 2 is 1.49 bits per heavy atom. The van der Waals surface area contributed by atoms with Gasteiger partial charge in [-0.2, -0.15) is 10.3 Å². The number of hydrogen-bond donors (Lipinski definition) is 2. The maximum absolute atomic E-state index is 12.7. The van der Waals surface area contributed by atoms with Crippen LogP contribution in [0.3, 0.4) is 0 Å². The fourth-order valence-electron chi connectivity index (χ4n) is 4.17. The molecule has 0 spiro atoms. The predicted molar refractivity (Wildman–Crippen MR) is 145 cm³/mol. The first-order chi connectivity index (χ1) is 18.0. The minimum atomic E-state index is -1.07. The molecule has 0 unspecified atom stereocenters. The fourth-order valence-corrected chi connectivity index (χ4v) is 4.17. The van der Waals surface area contributed by atoms with Crippen molar-refractivity contribution in [3.63, 3.8) is 0 Å². The average molecular weight is 508 g/mol. The van der Waals surface area contributed by atoms with Gasteiger partial charge in [-0.15, -0.1) is 0 Å². The number of nitrogens with zero attached hydrogens (tertiary/aromatic N) is 2. The number of rotatable bonds is 19. The molecule has 0 atom stereocenters. The van der Waals surface area contributed by atoms with Crippen LogP contribution in [0.15, 0.2) is 48.5 Å². The van der Waals surface area contributed by atoms with Crippen molar-refractivity contribution in [3.05, 3.63) is 70.8 Å². The zero-order chi connectivity index (χ0) is 26.7. The van der Waals surface area contributed by atoms with E-state index in [1.54, 1.807) is 30.3 Å². The first-order valence-corrected chi connectivity index (χ1v) is 13.5. The third-order valence-electron chi connectivity index (χ3n) is 6.15. The summed E-state index contributed by atoms with van der Waals surface area (Å²) in [5, 5.41) is 22.7. The molecule has 2 rings (SSSR count). The summed E-state index contributed by atoms with van der Waals surface area (Å²) < 4.78 is 0. The van der Waals surface area contributed by atoms with Gasteiger partial charge in [-0.05, 0) is 41.8 Å². The van der Waals surface area contributed by atoms with Crippen LogP contribution in [0, 0.1) is 11.3 Å². The third kappa shape index (κ3) is 13.1. The number of amides is 1. The van der Waals surface area contributed by atoms with Gasteiger partial charge in [0.05, 0.1) is 11.6 Å². The highest BCUT2D eigenvalue weighted by Gasteiger charge is 2.13. The van der Waals surface area contributed by atoms with Crippen molar-refractivity contribution in [1.82, 2.24) is 10.4 Å². The zero-order valence-corrected chi connectivity index (χ0v) is 22.1. The number of hydrogen-bond acceptors (Lipinski definition) is 5. The Bertz CT molecular complexity index is 1000.